The maximum Gasteiger partial charge on any atom is 0.261 e. The lowest BCUT2D eigenvalue weighted by molar-refractivity contribution is 0.0664. The second-order valence-corrected chi connectivity index (χ2v) is 10.6. The lowest BCUT2D eigenvalue weighted by atomic mass is 10.1. The van der Waals surface area contributed by atoms with Crippen LogP contribution in [0.5, 0.6) is 0 Å². The largest absolute Gasteiger partial charge is 0.325 e. The van der Waals surface area contributed by atoms with Crippen molar-refractivity contribution in [2.24, 2.45) is 0 Å². The van der Waals surface area contributed by atoms with Gasteiger partial charge in [0.15, 0.2) is 0 Å². The molecule has 0 atom stereocenters. The number of hydrogen-bond acceptors (Lipinski definition) is 6. The summed E-state index contributed by atoms with van der Waals surface area (Å²) in [7, 11) is 3.00. The van der Waals surface area contributed by atoms with Crippen molar-refractivity contribution in [3.8, 4) is 0 Å². The van der Waals surface area contributed by atoms with Gasteiger partial charge in [-0.25, -0.2) is 0 Å². The van der Waals surface area contributed by atoms with Crippen molar-refractivity contribution in [2.75, 3.05) is 26.5 Å². The molecule has 0 unspecified atom stereocenters. The maximum atomic E-state index is 12.1. The minimum Gasteiger partial charge on any atom is -0.325 e. The van der Waals surface area contributed by atoms with Gasteiger partial charge in [0.05, 0.1) is 11.1 Å². The zero-order valence-electron chi connectivity index (χ0n) is 11.1. The Morgan fingerprint density at radius 3 is 2.10 bits per heavy atom. The fraction of sp³-hybridized carbons (Fsp3) is 0.333. The third kappa shape index (κ3) is 2.97. The van der Waals surface area contributed by atoms with Gasteiger partial charge < -0.3 is 9.05 Å². The highest BCUT2D eigenvalue weighted by Crippen LogP contribution is 2.59. The second kappa shape index (κ2) is 6.37. The van der Waals surface area contributed by atoms with Crippen LogP contribution >= 0.6 is 17.1 Å². The molecule has 2 rings (SSSR count). The van der Waals surface area contributed by atoms with Gasteiger partial charge in [-0.3, -0.25) is 14.5 Å². The van der Waals surface area contributed by atoms with Crippen molar-refractivity contribution in [1.29, 1.82) is 0 Å². The predicted octanol–water partition coefficient (Wildman–Crippen LogP) is 2.53. The standard InChI is InChI=1S/C12H14NO4PS2/c1-16-18(19,17-2)20-8-7-13-11(14)9-5-3-4-6-10(9)12(13)15/h3-6H,7-8H2,1-2H3. The van der Waals surface area contributed by atoms with Crippen LogP contribution in [0.1, 0.15) is 20.7 Å². The number of amides is 2. The Kier molecular flexibility index (Phi) is 4.99. The quantitative estimate of drug-likeness (QED) is 0.590. The van der Waals surface area contributed by atoms with Gasteiger partial charge in [0.25, 0.3) is 11.8 Å². The van der Waals surface area contributed by atoms with Crippen molar-refractivity contribution < 1.29 is 18.6 Å². The van der Waals surface area contributed by atoms with Crippen molar-refractivity contribution in [3.63, 3.8) is 0 Å². The van der Waals surface area contributed by atoms with Crippen molar-refractivity contribution in [1.82, 2.24) is 4.90 Å². The van der Waals surface area contributed by atoms with E-state index in [1.807, 2.05) is 0 Å². The first-order valence-electron chi connectivity index (χ1n) is 5.83. The molecule has 1 aromatic carbocycles. The highest BCUT2D eigenvalue weighted by atomic mass is 32.9. The topological polar surface area (TPSA) is 55.8 Å². The summed E-state index contributed by atoms with van der Waals surface area (Å²) in [6, 6.07) is 6.82. The van der Waals surface area contributed by atoms with Crippen LogP contribution in [-0.4, -0.2) is 43.2 Å². The molecule has 0 saturated carbocycles. The molecule has 0 fully saturated rings. The zero-order valence-corrected chi connectivity index (χ0v) is 13.6. The van der Waals surface area contributed by atoms with Gasteiger partial charge in [-0.15, -0.1) is 0 Å². The minimum atomic E-state index is -2.35. The summed E-state index contributed by atoms with van der Waals surface area (Å²) < 4.78 is 10.3. The van der Waals surface area contributed by atoms with Gasteiger partial charge in [0.2, 0.25) is 5.69 Å². The van der Waals surface area contributed by atoms with Crippen LogP contribution < -0.4 is 0 Å². The Morgan fingerprint density at radius 1 is 1.15 bits per heavy atom. The fourth-order valence-corrected chi connectivity index (χ4v) is 4.93. The van der Waals surface area contributed by atoms with E-state index in [1.54, 1.807) is 24.3 Å². The van der Waals surface area contributed by atoms with E-state index in [2.05, 4.69) is 0 Å². The number of hydrogen-bond donors (Lipinski definition) is 0. The summed E-state index contributed by atoms with van der Waals surface area (Å²) in [6.07, 6.45) is 0. The Labute approximate surface area is 126 Å². The molecule has 108 valence electrons. The highest BCUT2D eigenvalue weighted by molar-refractivity contribution is 8.67. The highest BCUT2D eigenvalue weighted by Gasteiger charge is 2.34. The lowest BCUT2D eigenvalue weighted by Crippen LogP contribution is -2.31. The lowest BCUT2D eigenvalue weighted by Gasteiger charge is -2.18. The molecule has 0 aromatic heterocycles. The van der Waals surface area contributed by atoms with Crippen molar-refractivity contribution in [2.45, 2.75) is 0 Å². The third-order valence-corrected chi connectivity index (χ3v) is 8.70. The number of carbonyl (C=O) groups is 2. The molecule has 0 spiro atoms. The molecule has 8 heteroatoms. The van der Waals surface area contributed by atoms with Gasteiger partial charge in [-0.2, -0.15) is 0 Å². The third-order valence-electron chi connectivity index (χ3n) is 2.89. The smallest absolute Gasteiger partial charge is 0.261 e. The summed E-state index contributed by atoms with van der Waals surface area (Å²) in [4.78, 5) is 25.5. The van der Waals surface area contributed by atoms with Gasteiger partial charge in [0, 0.05) is 26.5 Å². The first-order valence-corrected chi connectivity index (χ1v) is 10.1. The van der Waals surface area contributed by atoms with Crippen LogP contribution in [0.3, 0.4) is 0 Å². The van der Waals surface area contributed by atoms with E-state index in [4.69, 9.17) is 20.9 Å². The normalized spacial score (nSPS) is 14.8. The molecule has 1 aromatic rings. The van der Waals surface area contributed by atoms with Crippen LogP contribution in [0.2, 0.25) is 0 Å². The van der Waals surface area contributed by atoms with Crippen molar-refractivity contribution >= 4 is 40.7 Å². The van der Waals surface area contributed by atoms with Crippen LogP contribution in [0.4, 0.5) is 0 Å². The Hall–Kier alpha value is -0.720. The van der Waals surface area contributed by atoms with E-state index >= 15 is 0 Å². The van der Waals surface area contributed by atoms with E-state index in [-0.39, 0.29) is 11.8 Å². The van der Waals surface area contributed by atoms with E-state index < -0.39 is 5.69 Å². The van der Waals surface area contributed by atoms with Crippen LogP contribution in [0.15, 0.2) is 24.3 Å². The first kappa shape index (κ1) is 15.7. The monoisotopic (exact) mass is 331 g/mol. The van der Waals surface area contributed by atoms with Gasteiger partial charge in [-0.1, -0.05) is 23.5 Å². The Morgan fingerprint density at radius 2 is 1.65 bits per heavy atom. The molecular formula is C12H14NO4PS2. The molecule has 0 aliphatic carbocycles. The zero-order chi connectivity index (χ0) is 14.8. The maximum absolute atomic E-state index is 12.1. The molecule has 0 radical (unpaired) electrons. The van der Waals surface area contributed by atoms with Gasteiger partial charge >= 0.3 is 0 Å². The van der Waals surface area contributed by atoms with Crippen molar-refractivity contribution in [3.05, 3.63) is 35.4 Å². The molecule has 1 aliphatic heterocycles. The van der Waals surface area contributed by atoms with E-state index in [0.29, 0.717) is 23.4 Å². The molecule has 5 nitrogen and oxygen atoms in total. The summed E-state index contributed by atoms with van der Waals surface area (Å²) in [5, 5.41) is 0. The minimum absolute atomic E-state index is 0.255. The van der Waals surface area contributed by atoms with E-state index in [1.165, 1.54) is 30.5 Å². The van der Waals surface area contributed by atoms with Crippen LogP contribution in [-0.2, 0) is 20.9 Å². The van der Waals surface area contributed by atoms with E-state index in [0.717, 1.165) is 0 Å². The molecule has 0 bridgehead atoms. The number of nitrogens with zero attached hydrogens (tertiary/aromatic N) is 1. The molecule has 1 aliphatic rings. The number of fused-ring (bicyclic) bond motifs is 1. The summed E-state index contributed by atoms with van der Waals surface area (Å²) >= 11 is 6.54. The Bertz CT molecular complexity index is 550. The summed E-state index contributed by atoms with van der Waals surface area (Å²) in [5.41, 5.74) is -1.43. The average molecular weight is 331 g/mol. The first-order chi connectivity index (χ1) is 9.52. The Balaban J connectivity index is 2.01. The number of imide groups is 1. The van der Waals surface area contributed by atoms with Crippen LogP contribution in [0, 0.1) is 0 Å². The van der Waals surface area contributed by atoms with Gasteiger partial charge in [0.1, 0.15) is 0 Å². The van der Waals surface area contributed by atoms with Crippen LogP contribution in [0.25, 0.3) is 0 Å². The number of benzene rings is 1. The summed E-state index contributed by atoms with van der Waals surface area (Å²) in [6.45, 7) is 0.294. The molecular weight excluding hydrogens is 317 g/mol. The second-order valence-electron chi connectivity index (χ2n) is 3.95. The number of rotatable bonds is 6. The average Bonchev–Trinajstić information content (AvgIpc) is 2.72. The number of carbonyl (C=O) groups excluding carboxylic acids is 2. The predicted molar refractivity (Wildman–Crippen MR) is 82.6 cm³/mol. The molecule has 20 heavy (non-hydrogen) atoms. The molecule has 1 heterocycles. The SMILES string of the molecule is COP(=S)(OC)SCCN1C(=O)c2ccccc2C1=O. The van der Waals surface area contributed by atoms with E-state index in [9.17, 15) is 9.59 Å². The molecule has 0 saturated heterocycles. The molecule has 2 amide bonds. The summed E-state index contributed by atoms with van der Waals surface area (Å²) in [5.74, 6) is -0.0200. The van der Waals surface area contributed by atoms with Gasteiger partial charge in [-0.05, 0) is 23.9 Å². The molecule has 0 N–H and O–H groups in total. The fourth-order valence-electron chi connectivity index (χ4n) is 1.87.